The van der Waals surface area contributed by atoms with Gasteiger partial charge in [0.25, 0.3) is 5.69 Å². The minimum Gasteiger partial charge on any atom is -0.387 e. The minimum absolute atomic E-state index is 0.110. The Balaban J connectivity index is 2.02. The molecule has 1 atom stereocenters. The van der Waals surface area contributed by atoms with Crippen molar-refractivity contribution in [3.63, 3.8) is 0 Å². The summed E-state index contributed by atoms with van der Waals surface area (Å²) in [5.74, 6) is 0. The molecule has 2 rings (SSSR count). The van der Waals surface area contributed by atoms with E-state index in [1.807, 2.05) is 42.3 Å². The molecule has 0 spiro atoms. The fourth-order valence-corrected chi connectivity index (χ4v) is 2.25. The molecule has 0 aliphatic heterocycles. The van der Waals surface area contributed by atoms with Crippen molar-refractivity contribution in [3.8, 4) is 0 Å². The van der Waals surface area contributed by atoms with Crippen molar-refractivity contribution in [1.82, 2.24) is 4.90 Å². The fraction of sp³-hybridized carbons (Fsp3) is 0.250. The van der Waals surface area contributed by atoms with Gasteiger partial charge in [0.2, 0.25) is 0 Å². The van der Waals surface area contributed by atoms with E-state index >= 15 is 0 Å². The monoisotopic (exact) mass is 286 g/mol. The van der Waals surface area contributed by atoms with Crippen LogP contribution in [0.1, 0.15) is 17.2 Å². The Labute approximate surface area is 123 Å². The average molecular weight is 286 g/mol. The summed E-state index contributed by atoms with van der Waals surface area (Å²) < 4.78 is 0. The van der Waals surface area contributed by atoms with Crippen LogP contribution >= 0.6 is 0 Å². The maximum absolute atomic E-state index is 11.0. The maximum atomic E-state index is 11.0. The van der Waals surface area contributed by atoms with Crippen molar-refractivity contribution < 1.29 is 10.0 Å². The van der Waals surface area contributed by atoms with Crippen LogP contribution in [0.2, 0.25) is 0 Å². The molecule has 0 unspecified atom stereocenters. The normalized spacial score (nSPS) is 12.3. The Hall–Kier alpha value is -2.24. The van der Waals surface area contributed by atoms with Gasteiger partial charge < -0.3 is 5.11 Å². The summed E-state index contributed by atoms with van der Waals surface area (Å²) in [6.45, 7) is 0.830. The number of nitrogens with zero attached hydrogens (tertiary/aromatic N) is 2. The molecule has 5 heteroatoms. The first-order chi connectivity index (χ1) is 10.1. The van der Waals surface area contributed by atoms with E-state index in [9.17, 15) is 15.2 Å². The van der Waals surface area contributed by atoms with Crippen LogP contribution in [-0.2, 0) is 6.54 Å². The van der Waals surface area contributed by atoms with Gasteiger partial charge in [0, 0.05) is 24.7 Å². The highest BCUT2D eigenvalue weighted by Crippen LogP contribution is 2.20. The third-order valence-corrected chi connectivity index (χ3v) is 3.30. The van der Waals surface area contributed by atoms with Crippen molar-refractivity contribution in [2.75, 3.05) is 13.6 Å². The van der Waals surface area contributed by atoms with Gasteiger partial charge in [-0.15, -0.1) is 0 Å². The summed E-state index contributed by atoms with van der Waals surface area (Å²) >= 11 is 0. The summed E-state index contributed by atoms with van der Waals surface area (Å²) in [6, 6.07) is 16.0. The number of aliphatic hydroxyl groups is 1. The van der Waals surface area contributed by atoms with Crippen LogP contribution in [0.5, 0.6) is 0 Å². The minimum atomic E-state index is -0.612. The topological polar surface area (TPSA) is 66.6 Å². The summed E-state index contributed by atoms with van der Waals surface area (Å²) in [4.78, 5) is 12.5. The summed E-state index contributed by atoms with van der Waals surface area (Å²) in [7, 11) is 1.84. The number of likely N-dealkylation sites (N-methyl/N-ethyl adjacent to an activating group) is 1. The zero-order valence-electron chi connectivity index (χ0n) is 11.8. The van der Waals surface area contributed by atoms with Crippen LogP contribution in [0, 0.1) is 10.1 Å². The number of rotatable bonds is 6. The van der Waals surface area contributed by atoms with Gasteiger partial charge in [-0.2, -0.15) is 0 Å². The van der Waals surface area contributed by atoms with Crippen LogP contribution in [0.4, 0.5) is 5.69 Å². The summed E-state index contributed by atoms with van der Waals surface area (Å²) in [5, 5.41) is 21.2. The quantitative estimate of drug-likeness (QED) is 0.655. The third kappa shape index (κ3) is 4.11. The molecule has 2 aromatic rings. The van der Waals surface area contributed by atoms with Crippen LogP contribution in [0.15, 0.2) is 54.6 Å². The van der Waals surface area contributed by atoms with E-state index in [1.165, 1.54) is 6.07 Å². The van der Waals surface area contributed by atoms with Crippen LogP contribution in [0.3, 0.4) is 0 Å². The lowest BCUT2D eigenvalue weighted by Gasteiger charge is -2.20. The van der Waals surface area contributed by atoms with Crippen molar-refractivity contribution in [2.45, 2.75) is 12.6 Å². The molecule has 0 radical (unpaired) electrons. The van der Waals surface area contributed by atoms with Gasteiger partial charge in [-0.3, -0.25) is 15.0 Å². The van der Waals surface area contributed by atoms with E-state index in [0.29, 0.717) is 18.7 Å². The average Bonchev–Trinajstić information content (AvgIpc) is 2.48. The Bertz CT molecular complexity index is 601. The van der Waals surface area contributed by atoms with Crippen molar-refractivity contribution in [2.24, 2.45) is 0 Å². The first-order valence-corrected chi connectivity index (χ1v) is 6.72. The summed E-state index contributed by atoms with van der Waals surface area (Å²) in [5.41, 5.74) is 1.59. The van der Waals surface area contributed by atoms with Crippen LogP contribution in [-0.4, -0.2) is 28.5 Å². The number of nitro groups is 1. The van der Waals surface area contributed by atoms with E-state index in [1.54, 1.807) is 18.2 Å². The van der Waals surface area contributed by atoms with Crippen molar-refractivity contribution in [3.05, 3.63) is 75.8 Å². The molecule has 0 bridgehead atoms. The number of para-hydroxylation sites is 1. The number of nitro benzene ring substituents is 1. The first kappa shape index (κ1) is 15.2. The fourth-order valence-electron chi connectivity index (χ4n) is 2.25. The molecule has 21 heavy (non-hydrogen) atoms. The highest BCUT2D eigenvalue weighted by Gasteiger charge is 2.16. The van der Waals surface area contributed by atoms with E-state index in [4.69, 9.17) is 0 Å². The molecule has 0 aliphatic rings. The molecule has 0 aliphatic carbocycles. The highest BCUT2D eigenvalue weighted by atomic mass is 16.6. The van der Waals surface area contributed by atoms with Gasteiger partial charge in [-0.25, -0.2) is 0 Å². The highest BCUT2D eigenvalue weighted by molar-refractivity contribution is 5.39. The van der Waals surface area contributed by atoms with Gasteiger partial charge in [0.05, 0.1) is 11.0 Å². The lowest BCUT2D eigenvalue weighted by Crippen LogP contribution is -2.24. The molecule has 1 N–H and O–H groups in total. The molecule has 5 nitrogen and oxygen atoms in total. The molecule has 0 saturated carbocycles. The SMILES string of the molecule is CN(Cc1ccccc1[N+](=O)[O-])C[C@@H](O)c1ccccc1. The first-order valence-electron chi connectivity index (χ1n) is 6.72. The molecule has 0 aromatic heterocycles. The number of hydrogen-bond donors (Lipinski definition) is 1. The van der Waals surface area contributed by atoms with Crippen LogP contribution in [0.25, 0.3) is 0 Å². The molecule has 110 valence electrons. The standard InChI is InChI=1S/C16H18N2O3/c1-17(12-16(19)13-7-3-2-4-8-13)11-14-9-5-6-10-15(14)18(20)21/h2-10,16,19H,11-12H2,1H3/t16-/m1/s1. The Morgan fingerprint density at radius 2 is 1.76 bits per heavy atom. The Morgan fingerprint density at radius 3 is 2.43 bits per heavy atom. The van der Waals surface area contributed by atoms with E-state index in [-0.39, 0.29) is 10.6 Å². The van der Waals surface area contributed by atoms with Gasteiger partial charge >= 0.3 is 0 Å². The number of aliphatic hydroxyl groups excluding tert-OH is 1. The molecule has 0 heterocycles. The predicted molar refractivity (Wildman–Crippen MR) is 80.8 cm³/mol. The Morgan fingerprint density at radius 1 is 1.14 bits per heavy atom. The zero-order valence-corrected chi connectivity index (χ0v) is 11.8. The molecule has 0 saturated heterocycles. The lowest BCUT2D eigenvalue weighted by atomic mass is 10.1. The van der Waals surface area contributed by atoms with Gasteiger partial charge in [-0.1, -0.05) is 48.5 Å². The zero-order chi connectivity index (χ0) is 15.2. The van der Waals surface area contributed by atoms with E-state index < -0.39 is 6.10 Å². The molecular weight excluding hydrogens is 268 g/mol. The molecular formula is C16H18N2O3. The smallest absolute Gasteiger partial charge is 0.273 e. The molecule has 0 fully saturated rings. The third-order valence-electron chi connectivity index (χ3n) is 3.30. The van der Waals surface area contributed by atoms with Crippen LogP contribution < -0.4 is 0 Å². The van der Waals surface area contributed by atoms with Crippen molar-refractivity contribution in [1.29, 1.82) is 0 Å². The molecule has 0 amide bonds. The van der Waals surface area contributed by atoms with Crippen molar-refractivity contribution >= 4 is 5.69 Å². The number of hydrogen-bond acceptors (Lipinski definition) is 4. The van der Waals surface area contributed by atoms with Gasteiger partial charge in [0.1, 0.15) is 0 Å². The number of benzene rings is 2. The Kier molecular flexibility index (Phi) is 5.03. The lowest BCUT2D eigenvalue weighted by molar-refractivity contribution is -0.385. The van der Waals surface area contributed by atoms with E-state index in [2.05, 4.69) is 0 Å². The maximum Gasteiger partial charge on any atom is 0.273 e. The second kappa shape index (κ2) is 6.97. The van der Waals surface area contributed by atoms with Gasteiger partial charge in [-0.05, 0) is 12.6 Å². The largest absolute Gasteiger partial charge is 0.387 e. The van der Waals surface area contributed by atoms with Gasteiger partial charge in [0.15, 0.2) is 0 Å². The predicted octanol–water partition coefficient (Wildman–Crippen LogP) is 2.76. The second-order valence-corrected chi connectivity index (χ2v) is 5.01. The molecule has 2 aromatic carbocycles. The van der Waals surface area contributed by atoms with E-state index in [0.717, 1.165) is 5.56 Å². The summed E-state index contributed by atoms with van der Waals surface area (Å²) in [6.07, 6.45) is -0.612. The second-order valence-electron chi connectivity index (χ2n) is 5.01.